The summed E-state index contributed by atoms with van der Waals surface area (Å²) in [6.07, 6.45) is 1.94. The summed E-state index contributed by atoms with van der Waals surface area (Å²) < 4.78 is 0. The summed E-state index contributed by atoms with van der Waals surface area (Å²) >= 11 is 0. The van der Waals surface area contributed by atoms with E-state index < -0.39 is 11.8 Å². The Morgan fingerprint density at radius 1 is 0.867 bits per heavy atom. The molecule has 3 aromatic rings. The first kappa shape index (κ1) is 16.2. The first-order valence-electron chi connectivity index (χ1n) is 9.97. The molecule has 0 bridgehead atoms. The molecule has 2 aliphatic heterocycles. The molecule has 144 valence electrons. The van der Waals surface area contributed by atoms with Crippen LogP contribution in [0.15, 0.2) is 29.8 Å². The van der Waals surface area contributed by atoms with Crippen molar-refractivity contribution in [2.45, 2.75) is 6.42 Å². The summed E-state index contributed by atoms with van der Waals surface area (Å²) in [7, 11) is 0. The Hall–Kier alpha value is -3.64. The van der Waals surface area contributed by atoms with Crippen LogP contribution < -0.4 is 15.9 Å². The quantitative estimate of drug-likeness (QED) is 0.557. The second kappa shape index (κ2) is 5.09. The van der Waals surface area contributed by atoms with E-state index in [1.165, 1.54) is 0 Å². The van der Waals surface area contributed by atoms with Crippen molar-refractivity contribution in [3.05, 3.63) is 57.3 Å². The average Bonchev–Trinajstić information content (AvgIpc) is 2.74. The number of fused-ring (bicyclic) bond motifs is 2. The summed E-state index contributed by atoms with van der Waals surface area (Å²) in [5.74, 6) is -1.16. The topological polar surface area (TPSA) is 92.3 Å². The highest BCUT2D eigenvalue weighted by atomic mass is 16.2. The van der Waals surface area contributed by atoms with Gasteiger partial charge in [-0.15, -0.1) is 0 Å². The number of rotatable bonds is 0. The van der Waals surface area contributed by atoms with Gasteiger partial charge in [0.15, 0.2) is 11.6 Å². The van der Waals surface area contributed by atoms with Gasteiger partial charge >= 0.3 is 0 Å². The fraction of sp³-hybridized carbons (Fsp3) is 0.167. The van der Waals surface area contributed by atoms with Gasteiger partial charge in [-0.25, -0.2) is 0 Å². The van der Waals surface area contributed by atoms with Gasteiger partial charge in [-0.3, -0.25) is 24.5 Å². The monoisotopic (exact) mass is 394 g/mol. The van der Waals surface area contributed by atoms with E-state index in [9.17, 15) is 19.2 Å². The van der Waals surface area contributed by atoms with Gasteiger partial charge in [0.25, 0.3) is 11.8 Å². The minimum atomic E-state index is -0.423. The van der Waals surface area contributed by atoms with E-state index in [1.54, 1.807) is 18.2 Å². The van der Waals surface area contributed by atoms with Crippen molar-refractivity contribution in [1.82, 2.24) is 10.6 Å². The molecule has 4 aliphatic rings. The molecular formula is C24H14N2O4. The van der Waals surface area contributed by atoms with Crippen LogP contribution in [0.3, 0.4) is 0 Å². The van der Waals surface area contributed by atoms with E-state index >= 15 is 0 Å². The molecule has 0 spiro atoms. The summed E-state index contributed by atoms with van der Waals surface area (Å²) in [6, 6.07) is 7.20. The minimum absolute atomic E-state index is 0.0137. The maximum atomic E-state index is 13.0. The SMILES string of the molecule is O=C1Cc2c3c(c4ccc5c6c(ccc2c64)C(=O)NC5=O)=CC(=O)C2CNCC1=C32. The van der Waals surface area contributed by atoms with E-state index in [0.29, 0.717) is 35.2 Å². The Balaban J connectivity index is 1.77. The fourth-order valence-electron chi connectivity index (χ4n) is 5.74. The lowest BCUT2D eigenvalue weighted by Gasteiger charge is -2.36. The molecule has 7 rings (SSSR count). The highest BCUT2D eigenvalue weighted by Crippen LogP contribution is 2.43. The zero-order valence-corrected chi connectivity index (χ0v) is 15.7. The van der Waals surface area contributed by atoms with Gasteiger partial charge in [0.05, 0.1) is 5.92 Å². The number of carbonyl (C=O) groups excluding carboxylic acids is 4. The predicted molar refractivity (Wildman–Crippen MR) is 110 cm³/mol. The highest BCUT2D eigenvalue weighted by Gasteiger charge is 2.40. The van der Waals surface area contributed by atoms with Crippen LogP contribution in [0, 0.1) is 5.92 Å². The Morgan fingerprint density at radius 2 is 1.60 bits per heavy atom. The molecule has 0 saturated heterocycles. The molecule has 6 nitrogen and oxygen atoms in total. The molecule has 2 heterocycles. The predicted octanol–water partition coefficient (Wildman–Crippen LogP) is 1.06. The average molecular weight is 394 g/mol. The van der Waals surface area contributed by atoms with Crippen LogP contribution >= 0.6 is 0 Å². The third-order valence-corrected chi connectivity index (χ3v) is 6.96. The number of ketones is 2. The third kappa shape index (κ3) is 1.70. The largest absolute Gasteiger partial charge is 0.311 e. The second-order valence-electron chi connectivity index (χ2n) is 8.34. The lowest BCUT2D eigenvalue weighted by atomic mass is 9.70. The lowest BCUT2D eigenvalue weighted by Crippen LogP contribution is -2.44. The van der Waals surface area contributed by atoms with Crippen molar-refractivity contribution in [3.8, 4) is 0 Å². The second-order valence-corrected chi connectivity index (χ2v) is 8.34. The third-order valence-electron chi connectivity index (χ3n) is 6.96. The zero-order valence-electron chi connectivity index (χ0n) is 15.7. The number of imide groups is 1. The number of nitrogens with one attached hydrogen (secondary N) is 2. The smallest absolute Gasteiger partial charge is 0.258 e. The molecule has 0 fully saturated rings. The molecule has 2 aliphatic carbocycles. The summed E-state index contributed by atoms with van der Waals surface area (Å²) in [5, 5.41) is 9.53. The molecule has 2 amide bonds. The Labute approximate surface area is 169 Å². The van der Waals surface area contributed by atoms with Crippen molar-refractivity contribution in [3.63, 3.8) is 0 Å². The van der Waals surface area contributed by atoms with Crippen molar-refractivity contribution >= 4 is 56.6 Å². The molecule has 3 aromatic carbocycles. The van der Waals surface area contributed by atoms with Crippen LogP contribution in [0.4, 0.5) is 0 Å². The van der Waals surface area contributed by atoms with Crippen LogP contribution in [-0.2, 0) is 16.0 Å². The Morgan fingerprint density at radius 3 is 2.37 bits per heavy atom. The van der Waals surface area contributed by atoms with Crippen molar-refractivity contribution < 1.29 is 19.2 Å². The number of hydrogen-bond donors (Lipinski definition) is 2. The molecular weight excluding hydrogens is 380 g/mol. The van der Waals surface area contributed by atoms with Crippen LogP contribution in [0.25, 0.3) is 33.2 Å². The molecule has 0 radical (unpaired) electrons. The molecule has 2 N–H and O–H groups in total. The van der Waals surface area contributed by atoms with Gasteiger partial charge in [-0.2, -0.15) is 0 Å². The highest BCUT2D eigenvalue weighted by molar-refractivity contribution is 6.32. The van der Waals surface area contributed by atoms with E-state index in [0.717, 1.165) is 38.1 Å². The van der Waals surface area contributed by atoms with Gasteiger partial charge in [-0.1, -0.05) is 12.1 Å². The number of benzene rings is 3. The van der Waals surface area contributed by atoms with Crippen LogP contribution in [0.5, 0.6) is 0 Å². The number of Topliss-reactive ketones (excluding diaryl/α,β-unsaturated/α-hetero) is 2. The Kier molecular flexibility index (Phi) is 2.75. The molecule has 1 atom stereocenters. The molecule has 1 unspecified atom stereocenters. The van der Waals surface area contributed by atoms with Gasteiger partial charge in [-0.05, 0) is 56.3 Å². The Bertz CT molecular complexity index is 1520. The number of carbonyl (C=O) groups is 4. The molecule has 0 aromatic heterocycles. The molecule has 6 heteroatoms. The molecule has 30 heavy (non-hydrogen) atoms. The minimum Gasteiger partial charge on any atom is -0.311 e. The summed E-state index contributed by atoms with van der Waals surface area (Å²) in [5.41, 5.74) is 4.37. The van der Waals surface area contributed by atoms with Crippen molar-refractivity contribution in [2.24, 2.45) is 5.92 Å². The normalized spacial score (nSPS) is 21.8. The van der Waals surface area contributed by atoms with Crippen LogP contribution in [-0.4, -0.2) is 36.5 Å². The standard InChI is InChI=1S/C24H14N2O4/c27-17-5-13-9-1-3-11-20-12(24(30)26-23(11)29)4-2-10(19(9)20)14-6-18(28)16-8-25-7-15(17)22(16)21(13)14/h1-5,15,25H,6-8H2,(H,26,29,30). The van der Waals surface area contributed by atoms with Crippen LogP contribution in [0.1, 0.15) is 31.8 Å². The van der Waals surface area contributed by atoms with E-state index in [1.807, 2.05) is 12.1 Å². The zero-order chi connectivity index (χ0) is 20.3. The van der Waals surface area contributed by atoms with Crippen LogP contribution in [0.2, 0.25) is 0 Å². The summed E-state index contributed by atoms with van der Waals surface area (Å²) in [4.78, 5) is 50.9. The van der Waals surface area contributed by atoms with Gasteiger partial charge < -0.3 is 5.32 Å². The number of amides is 2. The maximum absolute atomic E-state index is 13.0. The van der Waals surface area contributed by atoms with Crippen molar-refractivity contribution in [2.75, 3.05) is 13.1 Å². The first-order chi connectivity index (χ1) is 14.5. The maximum Gasteiger partial charge on any atom is 0.258 e. The molecule has 0 saturated carbocycles. The van der Waals surface area contributed by atoms with Gasteiger partial charge in [0.2, 0.25) is 0 Å². The van der Waals surface area contributed by atoms with E-state index in [2.05, 4.69) is 10.6 Å². The van der Waals surface area contributed by atoms with Gasteiger partial charge in [0, 0.05) is 41.6 Å². The lowest BCUT2D eigenvalue weighted by molar-refractivity contribution is -0.115. The van der Waals surface area contributed by atoms with E-state index in [-0.39, 0.29) is 23.9 Å². The fourth-order valence-corrected chi connectivity index (χ4v) is 5.74. The van der Waals surface area contributed by atoms with E-state index in [4.69, 9.17) is 0 Å². The first-order valence-corrected chi connectivity index (χ1v) is 9.97. The van der Waals surface area contributed by atoms with Gasteiger partial charge in [0.1, 0.15) is 0 Å². The van der Waals surface area contributed by atoms with Crippen molar-refractivity contribution in [1.29, 1.82) is 0 Å². The number of hydrogen-bond acceptors (Lipinski definition) is 5. The summed E-state index contributed by atoms with van der Waals surface area (Å²) in [6.45, 7) is 1.01.